The number of amides is 1. The van der Waals surface area contributed by atoms with Gasteiger partial charge in [0.1, 0.15) is 17.5 Å². The van der Waals surface area contributed by atoms with E-state index in [9.17, 15) is 4.79 Å². The lowest BCUT2D eigenvalue weighted by atomic mass is 10.1. The molecule has 11 heteroatoms. The molecule has 2 rings (SSSR count). The number of hydrogen-bond acceptors (Lipinski definition) is 9. The molecule has 0 fully saturated rings. The van der Waals surface area contributed by atoms with Crippen molar-refractivity contribution < 1.29 is 9.53 Å². The van der Waals surface area contributed by atoms with E-state index >= 15 is 0 Å². The van der Waals surface area contributed by atoms with Crippen molar-refractivity contribution in [3.8, 4) is 5.75 Å². The van der Waals surface area contributed by atoms with E-state index < -0.39 is 5.91 Å². The highest BCUT2D eigenvalue weighted by atomic mass is 32.2. The number of aliphatic imine (C=N–C) groups is 1. The Labute approximate surface area is 186 Å². The normalized spacial score (nSPS) is 11.5. The second kappa shape index (κ2) is 12.0. The number of nitrogens with one attached hydrogen (secondary N) is 1. The Bertz CT molecular complexity index is 903. The number of carbonyl (C=O) groups is 1. The monoisotopic (exact) mass is 446 g/mol. The second-order valence-electron chi connectivity index (χ2n) is 6.95. The van der Waals surface area contributed by atoms with Crippen molar-refractivity contribution in [1.82, 2.24) is 19.6 Å². The summed E-state index contributed by atoms with van der Waals surface area (Å²) in [7, 11) is 3.96. The minimum atomic E-state index is -0.569. The molecule has 0 saturated carbocycles. The third-order valence-corrected chi connectivity index (χ3v) is 4.95. The summed E-state index contributed by atoms with van der Waals surface area (Å²) in [6.45, 7) is 2.14. The first-order valence-corrected chi connectivity index (χ1v) is 10.7. The van der Waals surface area contributed by atoms with Crippen LogP contribution in [0.25, 0.3) is 0 Å². The first-order chi connectivity index (χ1) is 14.8. The van der Waals surface area contributed by atoms with Gasteiger partial charge in [0.25, 0.3) is 5.91 Å². The van der Waals surface area contributed by atoms with E-state index in [0.717, 1.165) is 25.0 Å². The maximum atomic E-state index is 12.2. The van der Waals surface area contributed by atoms with E-state index in [-0.39, 0.29) is 23.3 Å². The molecule has 0 spiro atoms. The number of benzene rings is 1. The van der Waals surface area contributed by atoms with E-state index in [1.54, 1.807) is 18.9 Å². The summed E-state index contributed by atoms with van der Waals surface area (Å²) < 4.78 is 7.65. The molecule has 0 aliphatic rings. The van der Waals surface area contributed by atoms with Crippen LogP contribution in [-0.2, 0) is 6.42 Å². The third kappa shape index (κ3) is 8.30. The van der Waals surface area contributed by atoms with Crippen LogP contribution in [0.3, 0.4) is 0 Å². The molecule has 0 aliphatic carbocycles. The summed E-state index contributed by atoms with van der Waals surface area (Å²) in [5, 5.41) is 2.47. The molecule has 1 heterocycles. The van der Waals surface area contributed by atoms with Crippen molar-refractivity contribution in [3.63, 3.8) is 0 Å². The molecule has 0 aliphatic heterocycles. The standard InChI is InChI=1S/C20H30N8O2S/c1-13-17(21)26-18(22)16(25-13)19(29)27-20(23)24-11-5-4-6-14-7-9-15(10-8-14)30-12-31-28(2)3/h7-10H,4-6,11-12H2,1-3H3,(H4,21,22,26)(H3,23,24,27,29). The summed E-state index contributed by atoms with van der Waals surface area (Å²) >= 11 is 1.60. The van der Waals surface area contributed by atoms with Gasteiger partial charge in [-0.25, -0.2) is 9.97 Å². The molecule has 2 aromatic rings. The highest BCUT2D eigenvalue weighted by molar-refractivity contribution is 7.96. The molecule has 1 aromatic carbocycles. The van der Waals surface area contributed by atoms with Gasteiger partial charge in [-0.05, 0) is 69.9 Å². The first-order valence-electron chi connectivity index (χ1n) is 9.79. The number of hydrogen-bond donors (Lipinski definition) is 4. The van der Waals surface area contributed by atoms with Crippen molar-refractivity contribution in [2.24, 2.45) is 10.7 Å². The summed E-state index contributed by atoms with van der Waals surface area (Å²) in [6, 6.07) is 8.08. The lowest BCUT2D eigenvalue weighted by Gasteiger charge is -2.10. The number of aromatic nitrogens is 2. The van der Waals surface area contributed by atoms with Crippen LogP contribution in [0.2, 0.25) is 0 Å². The Morgan fingerprint density at radius 1 is 1.16 bits per heavy atom. The van der Waals surface area contributed by atoms with E-state index in [1.165, 1.54) is 5.56 Å². The molecular formula is C20H30N8O2S. The van der Waals surface area contributed by atoms with Gasteiger partial charge in [0.05, 0.1) is 5.69 Å². The van der Waals surface area contributed by atoms with Crippen LogP contribution < -0.4 is 27.3 Å². The Kier molecular flexibility index (Phi) is 9.35. The van der Waals surface area contributed by atoms with Crippen molar-refractivity contribution in [2.75, 3.05) is 38.0 Å². The minimum absolute atomic E-state index is 0.0118. The largest absolute Gasteiger partial charge is 0.482 e. The average molecular weight is 447 g/mol. The number of nitrogens with two attached hydrogens (primary N) is 3. The van der Waals surface area contributed by atoms with Gasteiger partial charge >= 0.3 is 0 Å². The van der Waals surface area contributed by atoms with Gasteiger partial charge in [-0.15, -0.1) is 0 Å². The topological polar surface area (TPSA) is 158 Å². The van der Waals surface area contributed by atoms with Crippen molar-refractivity contribution >= 4 is 35.5 Å². The minimum Gasteiger partial charge on any atom is -0.482 e. The highest BCUT2D eigenvalue weighted by Gasteiger charge is 2.15. The molecular weight excluding hydrogens is 416 g/mol. The van der Waals surface area contributed by atoms with Gasteiger partial charge in [-0.1, -0.05) is 12.1 Å². The van der Waals surface area contributed by atoms with Gasteiger partial charge in [0.15, 0.2) is 17.5 Å². The van der Waals surface area contributed by atoms with Crippen LogP contribution in [0.4, 0.5) is 11.6 Å². The third-order valence-electron chi connectivity index (χ3n) is 4.21. The molecule has 10 nitrogen and oxygen atoms in total. The van der Waals surface area contributed by atoms with Crippen molar-refractivity contribution in [3.05, 3.63) is 41.2 Å². The molecule has 1 amide bonds. The number of carbonyl (C=O) groups excluding carboxylic acids is 1. The van der Waals surface area contributed by atoms with Crippen LogP contribution in [-0.4, -0.2) is 52.7 Å². The fourth-order valence-electron chi connectivity index (χ4n) is 2.52. The van der Waals surface area contributed by atoms with Crippen molar-refractivity contribution in [1.29, 1.82) is 0 Å². The molecule has 31 heavy (non-hydrogen) atoms. The molecule has 0 saturated heterocycles. The fraction of sp³-hybridized carbons (Fsp3) is 0.400. The van der Waals surface area contributed by atoms with Gasteiger partial charge in [-0.2, -0.15) is 0 Å². The number of ether oxygens (including phenoxy) is 1. The van der Waals surface area contributed by atoms with Crippen LogP contribution in [0.15, 0.2) is 29.3 Å². The summed E-state index contributed by atoms with van der Waals surface area (Å²) in [6.07, 6.45) is 2.69. The van der Waals surface area contributed by atoms with E-state index in [0.29, 0.717) is 18.2 Å². The Morgan fingerprint density at radius 2 is 1.87 bits per heavy atom. The molecule has 1 aromatic heterocycles. The number of nitrogen functional groups attached to an aromatic ring is 2. The van der Waals surface area contributed by atoms with Crippen LogP contribution in [0.5, 0.6) is 5.75 Å². The summed E-state index contributed by atoms with van der Waals surface area (Å²) in [4.78, 5) is 24.3. The molecule has 0 radical (unpaired) electrons. The van der Waals surface area contributed by atoms with Crippen LogP contribution in [0, 0.1) is 6.92 Å². The smallest absolute Gasteiger partial charge is 0.280 e. The molecule has 0 atom stereocenters. The lowest BCUT2D eigenvalue weighted by molar-refractivity contribution is 0.0972. The SMILES string of the molecule is Cc1nc(C(=O)NC(N)=NCCCCc2ccc(OCSN(C)C)cc2)c(N)nc1N. The fourth-order valence-corrected chi connectivity index (χ4v) is 2.92. The molecule has 0 bridgehead atoms. The predicted molar refractivity (Wildman–Crippen MR) is 126 cm³/mol. The van der Waals surface area contributed by atoms with Crippen LogP contribution in [0.1, 0.15) is 34.6 Å². The van der Waals surface area contributed by atoms with E-state index in [4.69, 9.17) is 21.9 Å². The number of guanidine groups is 1. The van der Waals surface area contributed by atoms with Crippen molar-refractivity contribution in [2.45, 2.75) is 26.2 Å². The maximum absolute atomic E-state index is 12.2. The number of rotatable bonds is 10. The number of aryl methyl sites for hydroxylation is 2. The summed E-state index contributed by atoms with van der Waals surface area (Å²) in [5.74, 6) is 1.01. The molecule has 7 N–H and O–H groups in total. The number of nitrogens with zero attached hydrogens (tertiary/aromatic N) is 4. The van der Waals surface area contributed by atoms with Gasteiger partial charge < -0.3 is 21.9 Å². The zero-order valence-electron chi connectivity index (χ0n) is 18.1. The Morgan fingerprint density at radius 3 is 2.55 bits per heavy atom. The second-order valence-corrected chi connectivity index (χ2v) is 8.18. The average Bonchev–Trinajstić information content (AvgIpc) is 2.71. The first kappa shape index (κ1) is 24.2. The summed E-state index contributed by atoms with van der Waals surface area (Å²) in [5.41, 5.74) is 18.7. The zero-order chi connectivity index (χ0) is 22.8. The van der Waals surface area contributed by atoms with Gasteiger partial charge in [0.2, 0.25) is 0 Å². The highest BCUT2D eigenvalue weighted by Crippen LogP contribution is 2.16. The van der Waals surface area contributed by atoms with E-state index in [2.05, 4.69) is 32.4 Å². The van der Waals surface area contributed by atoms with E-state index in [1.807, 2.05) is 30.5 Å². The molecule has 0 unspecified atom stereocenters. The zero-order valence-corrected chi connectivity index (χ0v) is 18.9. The Balaban J connectivity index is 1.71. The lowest BCUT2D eigenvalue weighted by Crippen LogP contribution is -2.38. The van der Waals surface area contributed by atoms with Crippen LogP contribution >= 0.6 is 11.9 Å². The number of unbranched alkanes of at least 4 members (excludes halogenated alkanes) is 1. The quantitative estimate of drug-likeness (QED) is 0.140. The number of anilines is 2. The molecule has 168 valence electrons. The predicted octanol–water partition coefficient (Wildman–Crippen LogP) is 1.56. The Hall–Kier alpha value is -3.05. The van der Waals surface area contributed by atoms with Gasteiger partial charge in [-0.3, -0.25) is 19.4 Å². The van der Waals surface area contributed by atoms with Gasteiger partial charge in [0, 0.05) is 6.54 Å². The maximum Gasteiger partial charge on any atom is 0.280 e.